The molecule has 5 rings (SSSR count). The molecule has 1 aliphatic carbocycles. The molecule has 4 unspecified atom stereocenters. The van der Waals surface area contributed by atoms with E-state index in [1.54, 1.807) is 39.1 Å². The van der Waals surface area contributed by atoms with Crippen molar-refractivity contribution in [3.63, 3.8) is 0 Å². The minimum absolute atomic E-state index is 0.132. The lowest BCUT2D eigenvalue weighted by molar-refractivity contribution is 0.484. The summed E-state index contributed by atoms with van der Waals surface area (Å²) in [6.45, 7) is 6.75. The molecule has 4 N–H and O–H groups in total. The lowest BCUT2D eigenvalue weighted by Gasteiger charge is -2.15. The fourth-order valence-electron chi connectivity index (χ4n) is 4.21. The van der Waals surface area contributed by atoms with Crippen molar-refractivity contribution < 1.29 is 8.42 Å². The number of hydrogen-bond donors (Lipinski definition) is 4. The van der Waals surface area contributed by atoms with E-state index in [9.17, 15) is 13.2 Å². The molecular formula is C19H28N6O3S3. The molecule has 1 aromatic carbocycles. The standard InChI is InChI=1S/C19H28N6O3S3/c1-11-16(30-12(2)21-11)9-24-14-5-4-13(31(27,28)23-19(3)6-7-19)8-15(14)25(18(24)26)17-22-20-10-29-17/h4-5,8,11-12,16-17,20-23H,6-7,9-10H2,1-3H3. The number of aromatic nitrogens is 2. The summed E-state index contributed by atoms with van der Waals surface area (Å²) in [6.07, 6.45) is 1.68. The third-order valence-electron chi connectivity index (χ3n) is 6.20. The quantitative estimate of drug-likeness (QED) is 0.486. The topological polar surface area (TPSA) is 109 Å². The van der Waals surface area contributed by atoms with E-state index in [0.717, 1.165) is 18.4 Å². The number of nitrogens with one attached hydrogen (secondary N) is 4. The molecule has 0 spiro atoms. The summed E-state index contributed by atoms with van der Waals surface area (Å²) in [6, 6.07) is 5.30. The summed E-state index contributed by atoms with van der Waals surface area (Å²) >= 11 is 3.39. The van der Waals surface area contributed by atoms with Gasteiger partial charge in [-0.1, -0.05) is 0 Å². The molecular weight excluding hydrogens is 456 g/mol. The Morgan fingerprint density at radius 1 is 1.26 bits per heavy atom. The van der Waals surface area contributed by atoms with Crippen LogP contribution in [0.2, 0.25) is 0 Å². The number of hydrazine groups is 1. The Labute approximate surface area is 190 Å². The van der Waals surface area contributed by atoms with Gasteiger partial charge in [0.25, 0.3) is 0 Å². The molecule has 3 heterocycles. The van der Waals surface area contributed by atoms with Crippen molar-refractivity contribution in [2.24, 2.45) is 0 Å². The van der Waals surface area contributed by atoms with Crippen molar-refractivity contribution in [1.82, 2.24) is 30.0 Å². The first kappa shape index (κ1) is 21.8. The molecule has 0 bridgehead atoms. The summed E-state index contributed by atoms with van der Waals surface area (Å²) in [5.74, 6) is 0.665. The van der Waals surface area contributed by atoms with E-state index in [1.807, 2.05) is 18.7 Å². The number of sulfonamides is 1. The molecule has 3 fully saturated rings. The van der Waals surface area contributed by atoms with Gasteiger partial charge in [-0.05, 0) is 51.8 Å². The van der Waals surface area contributed by atoms with Gasteiger partial charge in [-0.15, -0.1) is 23.5 Å². The summed E-state index contributed by atoms with van der Waals surface area (Å²) in [4.78, 5) is 13.7. The van der Waals surface area contributed by atoms with Gasteiger partial charge in [0.2, 0.25) is 10.0 Å². The van der Waals surface area contributed by atoms with E-state index < -0.39 is 10.0 Å². The highest BCUT2D eigenvalue weighted by Crippen LogP contribution is 2.36. The Bertz CT molecular complexity index is 1170. The van der Waals surface area contributed by atoms with Crippen molar-refractivity contribution in [1.29, 1.82) is 0 Å². The van der Waals surface area contributed by atoms with E-state index in [2.05, 4.69) is 34.7 Å². The third kappa shape index (κ3) is 4.07. The van der Waals surface area contributed by atoms with Crippen LogP contribution >= 0.6 is 23.5 Å². The number of rotatable bonds is 6. The second-order valence-electron chi connectivity index (χ2n) is 8.84. The fourth-order valence-corrected chi connectivity index (χ4v) is 7.91. The second kappa shape index (κ2) is 7.79. The van der Waals surface area contributed by atoms with Crippen LogP contribution in [0.5, 0.6) is 0 Å². The van der Waals surface area contributed by atoms with Gasteiger partial charge in [-0.2, -0.15) is 0 Å². The number of nitrogens with zero attached hydrogens (tertiary/aromatic N) is 2. The maximum absolute atomic E-state index is 13.5. The first-order valence-electron chi connectivity index (χ1n) is 10.5. The van der Waals surface area contributed by atoms with Gasteiger partial charge in [-0.3, -0.25) is 9.13 Å². The maximum atomic E-state index is 13.5. The molecule has 31 heavy (non-hydrogen) atoms. The zero-order valence-electron chi connectivity index (χ0n) is 17.7. The predicted octanol–water partition coefficient (Wildman–Crippen LogP) is 1.33. The number of thioether (sulfide) groups is 2. The number of benzene rings is 1. The maximum Gasteiger partial charge on any atom is 0.331 e. The Hall–Kier alpha value is -1.02. The third-order valence-corrected chi connectivity index (χ3v) is 10.2. The van der Waals surface area contributed by atoms with Crippen molar-refractivity contribution in [2.75, 3.05) is 5.88 Å². The smallest absolute Gasteiger partial charge is 0.302 e. The SMILES string of the molecule is CC1NC(C)C(Cn2c(=O)n(C3NNCS3)c3cc(S(=O)(=O)NC4(C)CC4)ccc32)S1. The van der Waals surface area contributed by atoms with Crippen molar-refractivity contribution >= 4 is 44.6 Å². The molecule has 0 radical (unpaired) electrons. The largest absolute Gasteiger partial charge is 0.331 e. The molecule has 3 aliphatic rings. The summed E-state index contributed by atoms with van der Waals surface area (Å²) < 4.78 is 32.2. The Kier molecular flexibility index (Phi) is 5.48. The number of fused-ring (bicyclic) bond motifs is 1. The minimum atomic E-state index is -3.66. The molecule has 4 atom stereocenters. The zero-order chi connectivity index (χ0) is 22.0. The van der Waals surface area contributed by atoms with Crippen molar-refractivity contribution in [3.05, 3.63) is 28.7 Å². The normalized spacial score (nSPS) is 30.3. The Balaban J connectivity index is 1.59. The summed E-state index contributed by atoms with van der Waals surface area (Å²) in [7, 11) is -3.66. The van der Waals surface area contributed by atoms with Crippen molar-refractivity contribution in [3.8, 4) is 0 Å². The molecule has 2 aliphatic heterocycles. The highest BCUT2D eigenvalue weighted by molar-refractivity contribution is 8.00. The van der Waals surface area contributed by atoms with Crippen LogP contribution in [-0.2, 0) is 16.6 Å². The number of imidazole rings is 1. The molecule has 12 heteroatoms. The van der Waals surface area contributed by atoms with E-state index in [-0.39, 0.29) is 32.9 Å². The average Bonchev–Trinajstić information content (AvgIpc) is 3.05. The molecule has 1 aromatic heterocycles. The van der Waals surface area contributed by atoms with E-state index in [4.69, 9.17) is 0 Å². The lowest BCUT2D eigenvalue weighted by atomic mass is 10.2. The molecule has 9 nitrogen and oxygen atoms in total. The van der Waals surface area contributed by atoms with Gasteiger partial charge in [0.15, 0.2) is 5.50 Å². The fraction of sp³-hybridized carbons (Fsp3) is 0.632. The van der Waals surface area contributed by atoms with Crippen LogP contribution in [0.3, 0.4) is 0 Å². The average molecular weight is 485 g/mol. The van der Waals surface area contributed by atoms with Crippen LogP contribution < -0.4 is 26.6 Å². The van der Waals surface area contributed by atoms with Crippen LogP contribution in [0.1, 0.15) is 39.1 Å². The van der Waals surface area contributed by atoms with Gasteiger partial charge in [-0.25, -0.2) is 28.8 Å². The molecule has 0 amide bonds. The van der Waals surface area contributed by atoms with Crippen LogP contribution in [0.15, 0.2) is 27.9 Å². The molecule has 2 saturated heterocycles. The summed E-state index contributed by atoms with van der Waals surface area (Å²) in [5.41, 5.74) is 6.75. The van der Waals surface area contributed by atoms with E-state index in [0.29, 0.717) is 23.3 Å². The monoisotopic (exact) mass is 484 g/mol. The molecule has 2 aromatic rings. The van der Waals surface area contributed by atoms with Gasteiger partial charge in [0.1, 0.15) is 0 Å². The molecule has 170 valence electrons. The first-order chi connectivity index (χ1) is 14.7. The van der Waals surface area contributed by atoms with Crippen LogP contribution in [0.4, 0.5) is 0 Å². The molecule has 1 saturated carbocycles. The minimum Gasteiger partial charge on any atom is -0.302 e. The zero-order valence-corrected chi connectivity index (χ0v) is 20.2. The highest BCUT2D eigenvalue weighted by atomic mass is 32.2. The van der Waals surface area contributed by atoms with Gasteiger partial charge < -0.3 is 5.32 Å². The van der Waals surface area contributed by atoms with Gasteiger partial charge in [0, 0.05) is 23.4 Å². The van der Waals surface area contributed by atoms with Crippen LogP contribution in [0, 0.1) is 0 Å². The Morgan fingerprint density at radius 3 is 2.65 bits per heavy atom. The van der Waals surface area contributed by atoms with E-state index in [1.165, 1.54) is 0 Å². The van der Waals surface area contributed by atoms with Crippen LogP contribution in [-0.4, -0.2) is 45.6 Å². The first-order valence-corrected chi connectivity index (χ1v) is 13.9. The van der Waals surface area contributed by atoms with Gasteiger partial charge in [0.05, 0.1) is 27.2 Å². The Morgan fingerprint density at radius 2 is 2.03 bits per heavy atom. The summed E-state index contributed by atoms with van der Waals surface area (Å²) in [5, 5.41) is 4.10. The van der Waals surface area contributed by atoms with Crippen molar-refractivity contribution in [2.45, 2.75) is 72.8 Å². The lowest BCUT2D eigenvalue weighted by Crippen LogP contribution is -2.37. The highest BCUT2D eigenvalue weighted by Gasteiger charge is 2.41. The second-order valence-corrected chi connectivity index (χ2v) is 13.2. The predicted molar refractivity (Wildman–Crippen MR) is 125 cm³/mol. The number of hydrogen-bond acceptors (Lipinski definition) is 8. The van der Waals surface area contributed by atoms with Crippen LogP contribution in [0.25, 0.3) is 11.0 Å². The van der Waals surface area contributed by atoms with E-state index >= 15 is 0 Å². The van der Waals surface area contributed by atoms with Gasteiger partial charge >= 0.3 is 5.69 Å².